The number of hydrogen-bond donors (Lipinski definition) is 1. The van der Waals surface area contributed by atoms with Crippen molar-refractivity contribution in [2.24, 2.45) is 5.92 Å². The molecule has 5 nitrogen and oxygen atoms in total. The fraction of sp³-hybridized carbons (Fsp3) is 0.500. The number of halogens is 1. The molecule has 1 atom stereocenters. The summed E-state index contributed by atoms with van der Waals surface area (Å²) >= 11 is 0. The molecule has 1 N–H and O–H groups in total. The predicted molar refractivity (Wildman–Crippen MR) is 115 cm³/mol. The van der Waals surface area contributed by atoms with Gasteiger partial charge in [0.2, 0.25) is 5.91 Å². The summed E-state index contributed by atoms with van der Waals surface area (Å²) in [5.74, 6) is -0.0759. The lowest BCUT2D eigenvalue weighted by Crippen LogP contribution is -2.50. The number of aromatic nitrogens is 1. The number of piperidine rings is 2. The molecule has 2 fully saturated rings. The topological polar surface area (TPSA) is 48.5 Å². The minimum atomic E-state index is -0.250. The van der Waals surface area contributed by atoms with Gasteiger partial charge in [-0.1, -0.05) is 12.1 Å². The van der Waals surface area contributed by atoms with Crippen LogP contribution >= 0.6 is 0 Å². The zero-order valence-corrected chi connectivity index (χ0v) is 17.5. The average Bonchev–Trinajstić information content (AvgIpc) is 2.80. The monoisotopic (exact) mass is 410 g/mol. The van der Waals surface area contributed by atoms with E-state index in [-0.39, 0.29) is 17.6 Å². The smallest absolute Gasteiger partial charge is 0.224 e. The Bertz CT molecular complexity index is 806. The highest BCUT2D eigenvalue weighted by Gasteiger charge is 2.31. The molecular weight excluding hydrogens is 379 g/mol. The van der Waals surface area contributed by atoms with Crippen molar-refractivity contribution in [1.29, 1.82) is 0 Å². The minimum absolute atomic E-state index is 0.0500. The van der Waals surface area contributed by atoms with Crippen LogP contribution in [0.25, 0.3) is 0 Å². The van der Waals surface area contributed by atoms with Crippen molar-refractivity contribution in [3.05, 3.63) is 65.7 Å². The van der Waals surface area contributed by atoms with Crippen LogP contribution in [0.5, 0.6) is 0 Å². The second-order valence-electron chi connectivity index (χ2n) is 8.54. The third-order valence-corrected chi connectivity index (χ3v) is 6.43. The van der Waals surface area contributed by atoms with Crippen molar-refractivity contribution in [3.8, 4) is 0 Å². The summed E-state index contributed by atoms with van der Waals surface area (Å²) in [6.07, 6.45) is 8.07. The van der Waals surface area contributed by atoms with E-state index in [1.54, 1.807) is 12.1 Å². The van der Waals surface area contributed by atoms with E-state index in [0.29, 0.717) is 12.6 Å². The van der Waals surface area contributed by atoms with Crippen LogP contribution in [0.2, 0.25) is 0 Å². The molecule has 4 rings (SSSR count). The lowest BCUT2D eigenvalue weighted by atomic mass is 9.93. The van der Waals surface area contributed by atoms with Crippen LogP contribution in [0.3, 0.4) is 0 Å². The van der Waals surface area contributed by atoms with E-state index in [2.05, 4.69) is 32.2 Å². The van der Waals surface area contributed by atoms with Crippen molar-refractivity contribution < 1.29 is 9.18 Å². The van der Waals surface area contributed by atoms with Crippen molar-refractivity contribution in [2.75, 3.05) is 26.2 Å². The summed E-state index contributed by atoms with van der Waals surface area (Å²) in [6.45, 7) is 5.60. The first-order valence-corrected chi connectivity index (χ1v) is 11.0. The number of amides is 1. The zero-order chi connectivity index (χ0) is 20.8. The molecule has 2 aliphatic rings. The number of pyridine rings is 1. The van der Waals surface area contributed by atoms with Gasteiger partial charge in [-0.2, -0.15) is 0 Å². The Hall–Kier alpha value is -2.31. The molecule has 2 aromatic rings. The molecule has 0 bridgehead atoms. The lowest BCUT2D eigenvalue weighted by molar-refractivity contribution is -0.127. The van der Waals surface area contributed by atoms with E-state index < -0.39 is 0 Å². The van der Waals surface area contributed by atoms with Crippen molar-refractivity contribution in [1.82, 2.24) is 20.1 Å². The van der Waals surface area contributed by atoms with Gasteiger partial charge in [0, 0.05) is 38.1 Å². The van der Waals surface area contributed by atoms with E-state index in [1.165, 1.54) is 17.7 Å². The number of likely N-dealkylation sites (tertiary alicyclic amines) is 2. The predicted octanol–water partition coefficient (Wildman–Crippen LogP) is 3.21. The SMILES string of the molecule is O=C(NCc1ccc(F)cc1)C1CCCN(C2CCN(Cc3ccncc3)CC2)C1. The number of nitrogens with zero attached hydrogens (tertiary/aromatic N) is 3. The summed E-state index contributed by atoms with van der Waals surface area (Å²) in [7, 11) is 0. The number of hydrogen-bond acceptors (Lipinski definition) is 4. The lowest BCUT2D eigenvalue weighted by Gasteiger charge is -2.42. The number of carbonyl (C=O) groups is 1. The second-order valence-corrected chi connectivity index (χ2v) is 8.54. The molecular formula is C24H31FN4O. The van der Waals surface area contributed by atoms with E-state index in [4.69, 9.17) is 0 Å². The highest BCUT2D eigenvalue weighted by molar-refractivity contribution is 5.79. The van der Waals surface area contributed by atoms with E-state index >= 15 is 0 Å². The summed E-state index contributed by atoms with van der Waals surface area (Å²) in [5, 5.41) is 3.04. The molecule has 2 aliphatic heterocycles. The third kappa shape index (κ3) is 5.64. The van der Waals surface area contributed by atoms with Crippen LogP contribution in [-0.4, -0.2) is 52.9 Å². The molecule has 0 aliphatic carbocycles. The van der Waals surface area contributed by atoms with Gasteiger partial charge in [0.1, 0.15) is 5.82 Å². The Morgan fingerprint density at radius 1 is 1.00 bits per heavy atom. The maximum Gasteiger partial charge on any atom is 0.224 e. The van der Waals surface area contributed by atoms with Gasteiger partial charge >= 0.3 is 0 Å². The summed E-state index contributed by atoms with van der Waals surface area (Å²) in [6, 6.07) is 11.1. The van der Waals surface area contributed by atoms with Gasteiger partial charge in [-0.3, -0.25) is 19.6 Å². The molecule has 0 spiro atoms. The van der Waals surface area contributed by atoms with Gasteiger partial charge in [0.25, 0.3) is 0 Å². The second kappa shape index (κ2) is 10.1. The maximum atomic E-state index is 13.0. The number of carbonyl (C=O) groups excluding carboxylic acids is 1. The summed E-state index contributed by atoms with van der Waals surface area (Å²) in [5.41, 5.74) is 2.25. The first kappa shape index (κ1) is 20.9. The minimum Gasteiger partial charge on any atom is -0.352 e. The normalized spacial score (nSPS) is 21.4. The molecule has 0 saturated carbocycles. The largest absolute Gasteiger partial charge is 0.352 e. The van der Waals surface area contributed by atoms with E-state index in [0.717, 1.165) is 64.0 Å². The van der Waals surface area contributed by atoms with Gasteiger partial charge in [-0.25, -0.2) is 4.39 Å². The summed E-state index contributed by atoms with van der Waals surface area (Å²) in [4.78, 5) is 21.8. The molecule has 30 heavy (non-hydrogen) atoms. The quantitative estimate of drug-likeness (QED) is 0.795. The molecule has 6 heteroatoms. The Morgan fingerprint density at radius 3 is 2.47 bits per heavy atom. The molecule has 1 aromatic carbocycles. The summed E-state index contributed by atoms with van der Waals surface area (Å²) < 4.78 is 13.0. The fourth-order valence-corrected chi connectivity index (χ4v) is 4.68. The molecule has 1 unspecified atom stereocenters. The molecule has 160 valence electrons. The van der Waals surface area contributed by atoms with Crippen LogP contribution in [0.4, 0.5) is 4.39 Å². The standard InChI is InChI=1S/C24H31FN4O/c25-22-5-3-19(4-6-22)16-27-24(30)21-2-1-13-29(18-21)23-9-14-28(15-10-23)17-20-7-11-26-12-8-20/h3-8,11-12,21,23H,1-2,9-10,13-18H2,(H,27,30). The van der Waals surface area contributed by atoms with Crippen molar-refractivity contribution in [2.45, 2.75) is 44.8 Å². The molecule has 1 aromatic heterocycles. The van der Waals surface area contributed by atoms with Gasteiger partial charge in [-0.15, -0.1) is 0 Å². The van der Waals surface area contributed by atoms with E-state index in [9.17, 15) is 9.18 Å². The number of nitrogens with one attached hydrogen (secondary N) is 1. The molecule has 1 amide bonds. The van der Waals surface area contributed by atoms with E-state index in [1.807, 2.05) is 12.4 Å². The Balaban J connectivity index is 1.23. The van der Waals surface area contributed by atoms with Crippen LogP contribution in [0.15, 0.2) is 48.8 Å². The van der Waals surface area contributed by atoms with Gasteiger partial charge in [0.15, 0.2) is 0 Å². The fourth-order valence-electron chi connectivity index (χ4n) is 4.68. The zero-order valence-electron chi connectivity index (χ0n) is 17.5. The van der Waals surface area contributed by atoms with Crippen LogP contribution in [0, 0.1) is 11.7 Å². The number of benzene rings is 1. The van der Waals surface area contributed by atoms with Crippen LogP contribution in [-0.2, 0) is 17.9 Å². The number of rotatable bonds is 6. The molecule has 0 radical (unpaired) electrons. The van der Waals surface area contributed by atoms with Crippen molar-refractivity contribution in [3.63, 3.8) is 0 Å². The van der Waals surface area contributed by atoms with Gasteiger partial charge in [0.05, 0.1) is 5.92 Å². The highest BCUT2D eigenvalue weighted by Crippen LogP contribution is 2.24. The third-order valence-electron chi connectivity index (χ3n) is 6.43. The highest BCUT2D eigenvalue weighted by atomic mass is 19.1. The van der Waals surface area contributed by atoms with Crippen LogP contribution in [0.1, 0.15) is 36.8 Å². The van der Waals surface area contributed by atoms with Crippen molar-refractivity contribution >= 4 is 5.91 Å². The first-order valence-electron chi connectivity index (χ1n) is 11.0. The Kier molecular flexibility index (Phi) is 7.07. The maximum absolute atomic E-state index is 13.0. The Labute approximate surface area is 178 Å². The van der Waals surface area contributed by atoms with Gasteiger partial charge in [-0.05, 0) is 80.7 Å². The molecule has 2 saturated heterocycles. The first-order chi connectivity index (χ1) is 14.7. The van der Waals surface area contributed by atoms with Crippen LogP contribution < -0.4 is 5.32 Å². The van der Waals surface area contributed by atoms with Gasteiger partial charge < -0.3 is 5.32 Å². The molecule has 3 heterocycles. The Morgan fingerprint density at radius 2 is 1.73 bits per heavy atom. The average molecular weight is 411 g/mol.